The summed E-state index contributed by atoms with van der Waals surface area (Å²) in [7, 11) is 1.29. The molecule has 7 nitrogen and oxygen atoms in total. The normalized spacial score (nSPS) is 10.4. The molecule has 1 aromatic carbocycles. The quantitative estimate of drug-likeness (QED) is 0.741. The second-order valence-electron chi connectivity index (χ2n) is 4.93. The maximum Gasteiger partial charge on any atom is 0.337 e. The van der Waals surface area contributed by atoms with E-state index >= 15 is 0 Å². The smallest absolute Gasteiger partial charge is 0.337 e. The van der Waals surface area contributed by atoms with Crippen LogP contribution in [0.25, 0.3) is 5.65 Å². The first-order valence-electron chi connectivity index (χ1n) is 7.06. The van der Waals surface area contributed by atoms with Gasteiger partial charge in [-0.05, 0) is 36.4 Å². The van der Waals surface area contributed by atoms with Gasteiger partial charge in [-0.3, -0.25) is 14.0 Å². The minimum absolute atomic E-state index is 0.0734. The van der Waals surface area contributed by atoms with Gasteiger partial charge >= 0.3 is 5.97 Å². The predicted octanol–water partition coefficient (Wildman–Crippen LogP) is 1.73. The van der Waals surface area contributed by atoms with Crippen LogP contribution in [0.3, 0.4) is 0 Å². The number of hydrogen-bond donors (Lipinski definition) is 1. The van der Waals surface area contributed by atoms with Crippen molar-refractivity contribution < 1.29 is 14.3 Å². The van der Waals surface area contributed by atoms with Crippen LogP contribution in [0.5, 0.6) is 0 Å². The van der Waals surface area contributed by atoms with Crippen molar-refractivity contribution in [1.29, 1.82) is 0 Å². The Labute approximate surface area is 136 Å². The minimum atomic E-state index is -0.573. The third-order valence-electron chi connectivity index (χ3n) is 3.42. The molecule has 0 fully saturated rings. The van der Waals surface area contributed by atoms with Crippen LogP contribution in [0.2, 0.25) is 0 Å². The van der Waals surface area contributed by atoms with Crippen molar-refractivity contribution in [2.75, 3.05) is 12.4 Å². The fourth-order valence-electron chi connectivity index (χ4n) is 2.19. The van der Waals surface area contributed by atoms with Crippen LogP contribution in [0, 0.1) is 0 Å². The molecule has 0 saturated heterocycles. The molecule has 0 aliphatic heterocycles. The molecule has 24 heavy (non-hydrogen) atoms. The van der Waals surface area contributed by atoms with E-state index < -0.39 is 17.4 Å². The summed E-state index contributed by atoms with van der Waals surface area (Å²) in [5.74, 6) is -1.04. The number of fused-ring (bicyclic) bond motifs is 1. The van der Waals surface area contributed by atoms with Crippen LogP contribution < -0.4 is 10.9 Å². The van der Waals surface area contributed by atoms with Crippen molar-refractivity contribution >= 4 is 23.2 Å². The van der Waals surface area contributed by atoms with Gasteiger partial charge in [0, 0.05) is 18.1 Å². The number of rotatable bonds is 3. The summed E-state index contributed by atoms with van der Waals surface area (Å²) in [5.41, 5.74) is 0.745. The average molecular weight is 323 g/mol. The van der Waals surface area contributed by atoms with Gasteiger partial charge in [0.05, 0.1) is 12.7 Å². The summed E-state index contributed by atoms with van der Waals surface area (Å²) in [6.07, 6.45) is 2.79. The lowest BCUT2D eigenvalue weighted by Crippen LogP contribution is -2.26. The highest BCUT2D eigenvalue weighted by molar-refractivity contribution is 6.04. The van der Waals surface area contributed by atoms with E-state index in [2.05, 4.69) is 15.0 Å². The number of pyridine rings is 1. The van der Waals surface area contributed by atoms with Crippen LogP contribution in [-0.2, 0) is 4.74 Å². The number of methoxy groups -OCH3 is 1. The fraction of sp³-hybridized carbons (Fsp3) is 0.0588. The number of anilines is 1. The van der Waals surface area contributed by atoms with E-state index in [1.165, 1.54) is 29.8 Å². The maximum absolute atomic E-state index is 12.3. The minimum Gasteiger partial charge on any atom is -0.465 e. The van der Waals surface area contributed by atoms with Crippen molar-refractivity contribution in [2.45, 2.75) is 0 Å². The number of ether oxygens (including phenoxy) is 1. The SMILES string of the molecule is COC(=O)c1ccc(NC(=O)c2cnc3ccccn3c2=O)cc1. The molecule has 0 atom stereocenters. The first kappa shape index (κ1) is 15.4. The molecule has 3 aromatic rings. The Morgan fingerprint density at radius 3 is 2.58 bits per heavy atom. The Kier molecular flexibility index (Phi) is 4.07. The first-order chi connectivity index (χ1) is 11.6. The molecule has 0 aliphatic rings. The molecule has 0 bridgehead atoms. The highest BCUT2D eigenvalue weighted by Gasteiger charge is 2.13. The van der Waals surface area contributed by atoms with Crippen LogP contribution in [0.15, 0.2) is 59.7 Å². The van der Waals surface area contributed by atoms with Crippen molar-refractivity contribution in [3.05, 3.63) is 76.3 Å². The summed E-state index contributed by atoms with van der Waals surface area (Å²) >= 11 is 0. The summed E-state index contributed by atoms with van der Waals surface area (Å²) in [6, 6.07) is 11.3. The van der Waals surface area contributed by atoms with Gasteiger partial charge in [0.25, 0.3) is 11.5 Å². The van der Waals surface area contributed by atoms with Crippen molar-refractivity contribution in [3.63, 3.8) is 0 Å². The molecular weight excluding hydrogens is 310 g/mol. The average Bonchev–Trinajstić information content (AvgIpc) is 2.62. The monoisotopic (exact) mass is 323 g/mol. The van der Waals surface area contributed by atoms with E-state index in [1.54, 1.807) is 36.5 Å². The molecular formula is C17H13N3O4. The van der Waals surface area contributed by atoms with E-state index in [4.69, 9.17) is 0 Å². The van der Waals surface area contributed by atoms with E-state index in [0.29, 0.717) is 16.9 Å². The highest BCUT2D eigenvalue weighted by atomic mass is 16.5. The second kappa shape index (κ2) is 6.33. The zero-order valence-electron chi connectivity index (χ0n) is 12.7. The zero-order chi connectivity index (χ0) is 17.1. The van der Waals surface area contributed by atoms with Gasteiger partial charge in [0.1, 0.15) is 11.2 Å². The molecule has 120 valence electrons. The number of carbonyl (C=O) groups is 2. The Morgan fingerprint density at radius 1 is 1.12 bits per heavy atom. The molecule has 1 N–H and O–H groups in total. The number of carbonyl (C=O) groups excluding carboxylic acids is 2. The molecule has 3 rings (SSSR count). The standard InChI is InChI=1S/C17H13N3O4/c1-24-17(23)11-5-7-12(8-6-11)19-15(21)13-10-18-14-4-2-3-9-20(14)16(13)22/h2-10H,1H3,(H,19,21). The number of hydrogen-bond acceptors (Lipinski definition) is 5. The second-order valence-corrected chi connectivity index (χ2v) is 4.93. The Morgan fingerprint density at radius 2 is 1.88 bits per heavy atom. The number of aromatic nitrogens is 2. The van der Waals surface area contributed by atoms with E-state index in [-0.39, 0.29) is 5.56 Å². The van der Waals surface area contributed by atoms with Gasteiger partial charge in [-0.1, -0.05) is 6.07 Å². The number of benzene rings is 1. The Balaban J connectivity index is 1.86. The molecule has 2 aromatic heterocycles. The third kappa shape index (κ3) is 2.87. The molecule has 0 unspecified atom stereocenters. The summed E-state index contributed by atoms with van der Waals surface area (Å²) < 4.78 is 5.91. The van der Waals surface area contributed by atoms with Crippen LogP contribution in [0.1, 0.15) is 20.7 Å². The van der Waals surface area contributed by atoms with Crippen molar-refractivity contribution in [3.8, 4) is 0 Å². The van der Waals surface area contributed by atoms with Gasteiger partial charge in [-0.2, -0.15) is 0 Å². The zero-order valence-corrected chi connectivity index (χ0v) is 12.7. The van der Waals surface area contributed by atoms with E-state index in [0.717, 1.165) is 0 Å². The molecule has 1 amide bonds. The van der Waals surface area contributed by atoms with E-state index in [9.17, 15) is 14.4 Å². The highest BCUT2D eigenvalue weighted by Crippen LogP contribution is 2.11. The Hall–Kier alpha value is -3.48. The summed E-state index contributed by atoms with van der Waals surface area (Å²) in [4.78, 5) is 40.1. The number of nitrogens with zero attached hydrogens (tertiary/aromatic N) is 2. The van der Waals surface area contributed by atoms with Gasteiger partial charge in [-0.15, -0.1) is 0 Å². The lowest BCUT2D eigenvalue weighted by atomic mass is 10.2. The number of amides is 1. The van der Waals surface area contributed by atoms with Gasteiger partial charge in [0.15, 0.2) is 0 Å². The van der Waals surface area contributed by atoms with Crippen LogP contribution >= 0.6 is 0 Å². The summed E-state index contributed by atoms with van der Waals surface area (Å²) in [5, 5.41) is 2.60. The van der Waals surface area contributed by atoms with Gasteiger partial charge in [0.2, 0.25) is 0 Å². The largest absolute Gasteiger partial charge is 0.465 e. The van der Waals surface area contributed by atoms with Crippen molar-refractivity contribution in [1.82, 2.24) is 9.38 Å². The molecule has 2 heterocycles. The third-order valence-corrected chi connectivity index (χ3v) is 3.42. The number of esters is 1. The first-order valence-corrected chi connectivity index (χ1v) is 7.06. The number of nitrogens with one attached hydrogen (secondary N) is 1. The molecule has 0 saturated carbocycles. The predicted molar refractivity (Wildman–Crippen MR) is 87.2 cm³/mol. The topological polar surface area (TPSA) is 89.8 Å². The van der Waals surface area contributed by atoms with Gasteiger partial charge < -0.3 is 10.1 Å². The molecule has 0 radical (unpaired) electrons. The van der Waals surface area contributed by atoms with Crippen LogP contribution in [-0.4, -0.2) is 28.4 Å². The molecule has 0 aliphatic carbocycles. The molecule has 7 heteroatoms. The van der Waals surface area contributed by atoms with Crippen LogP contribution in [0.4, 0.5) is 5.69 Å². The van der Waals surface area contributed by atoms with E-state index in [1.807, 2.05) is 0 Å². The maximum atomic E-state index is 12.3. The van der Waals surface area contributed by atoms with Crippen molar-refractivity contribution in [2.24, 2.45) is 0 Å². The lowest BCUT2D eigenvalue weighted by Gasteiger charge is -2.07. The molecule has 0 spiro atoms. The Bertz CT molecular complexity index is 977. The fourth-order valence-corrected chi connectivity index (χ4v) is 2.19. The lowest BCUT2D eigenvalue weighted by molar-refractivity contribution is 0.0600. The van der Waals surface area contributed by atoms with Gasteiger partial charge in [-0.25, -0.2) is 9.78 Å². The summed E-state index contributed by atoms with van der Waals surface area (Å²) in [6.45, 7) is 0.